The van der Waals surface area contributed by atoms with E-state index in [0.717, 1.165) is 19.4 Å². The van der Waals surface area contributed by atoms with Crippen LogP contribution in [0.4, 0.5) is 0 Å². The zero-order valence-corrected chi connectivity index (χ0v) is 8.80. The molecular weight excluding hydrogens is 164 g/mol. The van der Waals surface area contributed by atoms with Crippen molar-refractivity contribution in [3.63, 3.8) is 0 Å². The van der Waals surface area contributed by atoms with E-state index < -0.39 is 0 Å². The first-order valence-corrected chi connectivity index (χ1v) is 4.78. The summed E-state index contributed by atoms with van der Waals surface area (Å²) in [5, 5.41) is 20.8. The number of nitrogens with zero attached hydrogens (tertiary/aromatic N) is 1. The summed E-state index contributed by atoms with van der Waals surface area (Å²) in [5.41, 5.74) is -0.216. The van der Waals surface area contributed by atoms with Gasteiger partial charge in [0.1, 0.15) is 0 Å². The Kier molecular flexibility index (Phi) is 5.68. The number of nitrogens with one attached hydrogen (secondary N) is 1. The van der Waals surface area contributed by atoms with Crippen molar-refractivity contribution in [2.75, 3.05) is 13.1 Å². The van der Waals surface area contributed by atoms with Crippen molar-refractivity contribution < 1.29 is 5.11 Å². The largest absolute Gasteiger partial charge is 0.392 e. The average Bonchev–Trinajstić information content (AvgIpc) is 2.03. The number of aliphatic hydroxyl groups excluding tert-OH is 1. The summed E-state index contributed by atoms with van der Waals surface area (Å²) in [4.78, 5) is 0. The summed E-state index contributed by atoms with van der Waals surface area (Å²) in [6.45, 7) is 7.15. The van der Waals surface area contributed by atoms with Gasteiger partial charge in [-0.3, -0.25) is 0 Å². The van der Waals surface area contributed by atoms with Gasteiger partial charge in [-0.05, 0) is 40.2 Å². The molecular formula is C10H20N2O. The molecule has 0 aromatic heterocycles. The van der Waals surface area contributed by atoms with Crippen LogP contribution in [-0.2, 0) is 0 Å². The predicted molar refractivity (Wildman–Crippen MR) is 53.2 cm³/mol. The maximum absolute atomic E-state index is 8.94. The highest BCUT2D eigenvalue weighted by atomic mass is 16.3. The van der Waals surface area contributed by atoms with Gasteiger partial charge in [0.25, 0.3) is 0 Å². The molecule has 13 heavy (non-hydrogen) atoms. The van der Waals surface area contributed by atoms with Crippen LogP contribution in [0.25, 0.3) is 0 Å². The van der Waals surface area contributed by atoms with Crippen molar-refractivity contribution in [3.05, 3.63) is 0 Å². The quantitative estimate of drug-likeness (QED) is 0.611. The Bertz CT molecular complexity index is 170. The van der Waals surface area contributed by atoms with Gasteiger partial charge < -0.3 is 10.4 Å². The summed E-state index contributed by atoms with van der Waals surface area (Å²) < 4.78 is 0. The van der Waals surface area contributed by atoms with Crippen LogP contribution in [0.15, 0.2) is 0 Å². The van der Waals surface area contributed by atoms with Gasteiger partial charge in [0.05, 0.1) is 17.6 Å². The Morgan fingerprint density at radius 3 is 2.62 bits per heavy atom. The second-order valence-corrected chi connectivity index (χ2v) is 4.15. The van der Waals surface area contributed by atoms with E-state index in [1.54, 1.807) is 6.92 Å². The van der Waals surface area contributed by atoms with Gasteiger partial charge in [-0.15, -0.1) is 0 Å². The van der Waals surface area contributed by atoms with Crippen LogP contribution in [0, 0.1) is 16.7 Å². The molecule has 0 saturated heterocycles. The van der Waals surface area contributed by atoms with Gasteiger partial charge in [-0.1, -0.05) is 0 Å². The summed E-state index contributed by atoms with van der Waals surface area (Å²) in [6, 6.07) is 2.26. The van der Waals surface area contributed by atoms with E-state index >= 15 is 0 Å². The lowest BCUT2D eigenvalue weighted by Crippen LogP contribution is -2.26. The third-order valence-electron chi connectivity index (χ3n) is 1.90. The fourth-order valence-corrected chi connectivity index (χ4v) is 1.02. The highest BCUT2D eigenvalue weighted by molar-refractivity contribution is 4.91. The lowest BCUT2D eigenvalue weighted by Gasteiger charge is -2.14. The lowest BCUT2D eigenvalue weighted by atomic mass is 9.90. The lowest BCUT2D eigenvalue weighted by molar-refractivity contribution is 0.191. The minimum absolute atomic E-state index is 0.216. The third kappa shape index (κ3) is 7.76. The third-order valence-corrected chi connectivity index (χ3v) is 1.90. The Morgan fingerprint density at radius 1 is 1.54 bits per heavy atom. The minimum Gasteiger partial charge on any atom is -0.392 e. The molecule has 0 heterocycles. The predicted octanol–water partition coefficient (Wildman–Crippen LogP) is 1.29. The van der Waals surface area contributed by atoms with Gasteiger partial charge in [0, 0.05) is 6.54 Å². The maximum Gasteiger partial charge on any atom is 0.0683 e. The van der Waals surface area contributed by atoms with Gasteiger partial charge in [0.15, 0.2) is 0 Å². The van der Waals surface area contributed by atoms with Crippen molar-refractivity contribution in [2.24, 2.45) is 5.41 Å². The molecule has 0 spiro atoms. The van der Waals surface area contributed by atoms with Crippen molar-refractivity contribution in [2.45, 2.75) is 39.7 Å². The number of nitriles is 1. The van der Waals surface area contributed by atoms with Crippen molar-refractivity contribution in [1.82, 2.24) is 5.32 Å². The average molecular weight is 184 g/mol. The molecule has 3 nitrogen and oxygen atoms in total. The zero-order valence-electron chi connectivity index (χ0n) is 8.80. The zero-order chi connectivity index (χ0) is 10.3. The van der Waals surface area contributed by atoms with Crippen LogP contribution in [0.3, 0.4) is 0 Å². The molecule has 0 aromatic rings. The van der Waals surface area contributed by atoms with E-state index in [-0.39, 0.29) is 11.5 Å². The van der Waals surface area contributed by atoms with Crippen LogP contribution >= 0.6 is 0 Å². The molecule has 0 aromatic carbocycles. The van der Waals surface area contributed by atoms with Crippen LogP contribution in [-0.4, -0.2) is 24.3 Å². The van der Waals surface area contributed by atoms with E-state index in [4.69, 9.17) is 10.4 Å². The molecule has 76 valence electrons. The molecule has 0 radical (unpaired) electrons. The maximum atomic E-state index is 8.94. The van der Waals surface area contributed by atoms with Gasteiger partial charge in [0.2, 0.25) is 0 Å². The highest BCUT2D eigenvalue weighted by Gasteiger charge is 2.15. The topological polar surface area (TPSA) is 56.0 Å². The fraction of sp³-hybridized carbons (Fsp3) is 0.900. The van der Waals surface area contributed by atoms with Gasteiger partial charge >= 0.3 is 0 Å². The van der Waals surface area contributed by atoms with Crippen LogP contribution in [0.2, 0.25) is 0 Å². The standard InChI is InChI=1S/C10H20N2O/c1-9(13)7-12-6-4-5-10(2,3)8-11/h9,12-13H,4-7H2,1-3H3. The van der Waals surface area contributed by atoms with Crippen molar-refractivity contribution >= 4 is 0 Å². The molecule has 0 amide bonds. The van der Waals surface area contributed by atoms with Crippen LogP contribution in [0.5, 0.6) is 0 Å². The Morgan fingerprint density at radius 2 is 2.15 bits per heavy atom. The molecule has 0 bridgehead atoms. The van der Waals surface area contributed by atoms with Crippen molar-refractivity contribution in [1.29, 1.82) is 5.26 Å². The SMILES string of the molecule is CC(O)CNCCCC(C)(C)C#N. The smallest absolute Gasteiger partial charge is 0.0683 e. The summed E-state index contributed by atoms with van der Waals surface area (Å²) in [5.74, 6) is 0. The fourth-order valence-electron chi connectivity index (χ4n) is 1.02. The van der Waals surface area contributed by atoms with E-state index in [1.807, 2.05) is 13.8 Å². The number of hydrogen-bond acceptors (Lipinski definition) is 3. The molecule has 0 fully saturated rings. The molecule has 0 aliphatic heterocycles. The Labute approximate surface area is 80.8 Å². The molecule has 1 atom stereocenters. The number of rotatable bonds is 6. The Hall–Kier alpha value is -0.590. The van der Waals surface area contributed by atoms with E-state index in [9.17, 15) is 0 Å². The van der Waals surface area contributed by atoms with Crippen LogP contribution in [0.1, 0.15) is 33.6 Å². The number of hydrogen-bond donors (Lipinski definition) is 2. The molecule has 0 rings (SSSR count). The normalized spacial score (nSPS) is 13.8. The minimum atomic E-state index is -0.288. The highest BCUT2D eigenvalue weighted by Crippen LogP contribution is 2.19. The first-order chi connectivity index (χ1) is 5.98. The van der Waals surface area contributed by atoms with Gasteiger partial charge in [-0.2, -0.15) is 5.26 Å². The second-order valence-electron chi connectivity index (χ2n) is 4.15. The summed E-state index contributed by atoms with van der Waals surface area (Å²) in [7, 11) is 0. The molecule has 2 N–H and O–H groups in total. The van der Waals surface area contributed by atoms with E-state index in [2.05, 4.69) is 11.4 Å². The first kappa shape index (κ1) is 12.4. The monoisotopic (exact) mass is 184 g/mol. The number of aliphatic hydroxyl groups is 1. The molecule has 1 unspecified atom stereocenters. The molecule has 0 aliphatic rings. The van der Waals surface area contributed by atoms with Gasteiger partial charge in [-0.25, -0.2) is 0 Å². The second kappa shape index (κ2) is 5.95. The van der Waals surface area contributed by atoms with Crippen LogP contribution < -0.4 is 5.32 Å². The molecule has 0 saturated carbocycles. The van der Waals surface area contributed by atoms with E-state index in [1.165, 1.54) is 0 Å². The summed E-state index contributed by atoms with van der Waals surface area (Å²) >= 11 is 0. The Balaban J connectivity index is 3.32. The first-order valence-electron chi connectivity index (χ1n) is 4.78. The molecule has 0 aliphatic carbocycles. The summed E-state index contributed by atoms with van der Waals surface area (Å²) in [6.07, 6.45) is 1.59. The van der Waals surface area contributed by atoms with Crippen molar-refractivity contribution in [3.8, 4) is 6.07 Å². The molecule has 3 heteroatoms. The van der Waals surface area contributed by atoms with E-state index in [0.29, 0.717) is 6.54 Å².